The molecule has 0 spiro atoms. The first-order valence-electron chi connectivity index (χ1n) is 8.67. The maximum absolute atomic E-state index is 3.73. The highest BCUT2D eigenvalue weighted by molar-refractivity contribution is 4.73. The van der Waals surface area contributed by atoms with Gasteiger partial charge in [0.05, 0.1) is 0 Å². The molecule has 0 aromatic carbocycles. The molecular weight excluding hydrogens is 232 g/mol. The summed E-state index contributed by atoms with van der Waals surface area (Å²) in [5.74, 6) is 2.74. The van der Waals surface area contributed by atoms with E-state index in [0.29, 0.717) is 0 Å². The van der Waals surface area contributed by atoms with Crippen LogP contribution in [0.1, 0.15) is 58.8 Å². The Kier molecular flexibility index (Phi) is 6.66. The topological polar surface area (TPSA) is 15.3 Å². The van der Waals surface area contributed by atoms with Gasteiger partial charge in [0.15, 0.2) is 0 Å². The van der Waals surface area contributed by atoms with Crippen molar-refractivity contribution in [3.05, 3.63) is 0 Å². The van der Waals surface area contributed by atoms with Gasteiger partial charge in [-0.25, -0.2) is 0 Å². The van der Waals surface area contributed by atoms with E-state index in [0.717, 1.165) is 17.8 Å². The van der Waals surface area contributed by atoms with E-state index in [4.69, 9.17) is 0 Å². The van der Waals surface area contributed by atoms with Crippen LogP contribution in [0.5, 0.6) is 0 Å². The Morgan fingerprint density at radius 1 is 1.05 bits per heavy atom. The predicted molar refractivity (Wildman–Crippen MR) is 83.4 cm³/mol. The zero-order chi connectivity index (χ0) is 13.5. The maximum atomic E-state index is 3.73. The molecular formula is C17H34N2. The lowest BCUT2D eigenvalue weighted by atomic mass is 9.83. The maximum Gasteiger partial charge on any atom is 0.00191 e. The van der Waals surface area contributed by atoms with E-state index in [2.05, 4.69) is 24.1 Å². The molecule has 0 aromatic rings. The molecule has 0 aromatic heterocycles. The minimum Gasteiger partial charge on any atom is -0.316 e. The van der Waals surface area contributed by atoms with Gasteiger partial charge in [0.25, 0.3) is 0 Å². The van der Waals surface area contributed by atoms with Gasteiger partial charge in [-0.15, -0.1) is 0 Å². The van der Waals surface area contributed by atoms with Crippen molar-refractivity contribution in [2.24, 2.45) is 17.8 Å². The molecule has 1 heterocycles. The van der Waals surface area contributed by atoms with Crippen LogP contribution in [-0.4, -0.2) is 37.6 Å². The van der Waals surface area contributed by atoms with Crippen molar-refractivity contribution in [3.63, 3.8) is 0 Å². The monoisotopic (exact) mass is 266 g/mol. The van der Waals surface area contributed by atoms with E-state index in [1.165, 1.54) is 77.7 Å². The molecule has 2 rings (SSSR count). The second kappa shape index (κ2) is 8.26. The molecule has 2 aliphatic rings. The summed E-state index contributed by atoms with van der Waals surface area (Å²) < 4.78 is 0. The Morgan fingerprint density at radius 2 is 1.74 bits per heavy atom. The van der Waals surface area contributed by atoms with E-state index >= 15 is 0 Å². The summed E-state index contributed by atoms with van der Waals surface area (Å²) >= 11 is 0. The Labute approximate surface area is 120 Å². The van der Waals surface area contributed by atoms with E-state index in [1.807, 2.05) is 0 Å². The van der Waals surface area contributed by atoms with Crippen LogP contribution in [0.25, 0.3) is 0 Å². The molecule has 2 heteroatoms. The van der Waals surface area contributed by atoms with Crippen LogP contribution in [0, 0.1) is 17.8 Å². The average Bonchev–Trinajstić information content (AvgIpc) is 2.42. The van der Waals surface area contributed by atoms with Gasteiger partial charge in [0.2, 0.25) is 0 Å². The molecule has 1 atom stereocenters. The second-order valence-electron chi connectivity index (χ2n) is 7.25. The smallest absolute Gasteiger partial charge is 0.00191 e. The quantitative estimate of drug-likeness (QED) is 0.791. The van der Waals surface area contributed by atoms with Crippen molar-refractivity contribution in [2.75, 3.05) is 32.7 Å². The molecule has 1 aliphatic heterocycles. The molecule has 1 saturated heterocycles. The Morgan fingerprint density at radius 3 is 2.42 bits per heavy atom. The van der Waals surface area contributed by atoms with Crippen molar-refractivity contribution in [1.82, 2.24) is 10.2 Å². The number of piperidine rings is 1. The molecule has 0 radical (unpaired) electrons. The van der Waals surface area contributed by atoms with Crippen molar-refractivity contribution in [3.8, 4) is 0 Å². The first-order valence-corrected chi connectivity index (χ1v) is 8.67. The van der Waals surface area contributed by atoms with Crippen LogP contribution in [0.2, 0.25) is 0 Å². The first-order chi connectivity index (χ1) is 9.24. The summed E-state index contributed by atoms with van der Waals surface area (Å²) in [6.07, 6.45) is 10.1. The Hall–Kier alpha value is -0.0800. The third-order valence-corrected chi connectivity index (χ3v) is 5.08. The van der Waals surface area contributed by atoms with Crippen molar-refractivity contribution in [2.45, 2.75) is 58.8 Å². The molecule has 112 valence electrons. The zero-order valence-corrected chi connectivity index (χ0v) is 13.2. The first kappa shape index (κ1) is 15.3. The average molecular weight is 266 g/mol. The van der Waals surface area contributed by atoms with Gasteiger partial charge in [0.1, 0.15) is 0 Å². The molecule has 2 nitrogen and oxygen atoms in total. The van der Waals surface area contributed by atoms with Crippen molar-refractivity contribution in [1.29, 1.82) is 0 Å². The van der Waals surface area contributed by atoms with Crippen LogP contribution in [0.4, 0.5) is 0 Å². The number of hydrogen-bond donors (Lipinski definition) is 1. The third-order valence-electron chi connectivity index (χ3n) is 5.08. The summed E-state index contributed by atoms with van der Waals surface area (Å²) in [5.41, 5.74) is 0. The largest absolute Gasteiger partial charge is 0.316 e. The Bertz CT molecular complexity index is 227. The lowest BCUT2D eigenvalue weighted by Crippen LogP contribution is -2.37. The lowest BCUT2D eigenvalue weighted by molar-refractivity contribution is 0.196. The Balaban J connectivity index is 1.52. The summed E-state index contributed by atoms with van der Waals surface area (Å²) in [4.78, 5) is 2.66. The van der Waals surface area contributed by atoms with Crippen molar-refractivity contribution < 1.29 is 0 Å². The van der Waals surface area contributed by atoms with Crippen LogP contribution in [0.15, 0.2) is 0 Å². The van der Waals surface area contributed by atoms with Crippen molar-refractivity contribution >= 4 is 0 Å². The fourth-order valence-corrected chi connectivity index (χ4v) is 3.71. The van der Waals surface area contributed by atoms with E-state index < -0.39 is 0 Å². The minimum atomic E-state index is 0.806. The summed E-state index contributed by atoms with van der Waals surface area (Å²) in [6, 6.07) is 0. The number of nitrogens with zero attached hydrogens (tertiary/aromatic N) is 1. The van der Waals surface area contributed by atoms with Crippen LogP contribution in [-0.2, 0) is 0 Å². The molecule has 1 N–H and O–H groups in total. The number of hydrogen-bond acceptors (Lipinski definition) is 2. The summed E-state index contributed by atoms with van der Waals surface area (Å²) in [6.45, 7) is 11.3. The van der Waals surface area contributed by atoms with E-state index in [1.54, 1.807) is 0 Å². The highest BCUT2D eigenvalue weighted by Gasteiger charge is 2.18. The summed E-state index contributed by atoms with van der Waals surface area (Å²) in [7, 11) is 0. The number of rotatable bonds is 6. The van der Waals surface area contributed by atoms with Gasteiger partial charge >= 0.3 is 0 Å². The molecule has 2 fully saturated rings. The fraction of sp³-hybridized carbons (Fsp3) is 1.00. The van der Waals surface area contributed by atoms with E-state index in [-0.39, 0.29) is 0 Å². The van der Waals surface area contributed by atoms with Crippen LogP contribution >= 0.6 is 0 Å². The predicted octanol–water partition coefficient (Wildman–Crippen LogP) is 3.52. The molecule has 1 unspecified atom stereocenters. The van der Waals surface area contributed by atoms with Gasteiger partial charge < -0.3 is 10.2 Å². The van der Waals surface area contributed by atoms with Crippen LogP contribution < -0.4 is 5.32 Å². The highest BCUT2D eigenvalue weighted by atomic mass is 15.1. The molecule has 0 bridgehead atoms. The zero-order valence-electron chi connectivity index (χ0n) is 13.2. The molecule has 0 amide bonds. The summed E-state index contributed by atoms with van der Waals surface area (Å²) in [5, 5.41) is 3.73. The molecule has 1 saturated carbocycles. The van der Waals surface area contributed by atoms with Crippen LogP contribution in [0.3, 0.4) is 0 Å². The van der Waals surface area contributed by atoms with E-state index in [9.17, 15) is 0 Å². The number of likely N-dealkylation sites (tertiary alicyclic amines) is 1. The molecule has 1 aliphatic carbocycles. The minimum absolute atomic E-state index is 0.806. The fourth-order valence-electron chi connectivity index (χ4n) is 3.71. The van der Waals surface area contributed by atoms with Gasteiger partial charge in [-0.1, -0.05) is 33.1 Å². The van der Waals surface area contributed by atoms with Gasteiger partial charge in [-0.2, -0.15) is 0 Å². The number of nitrogens with one attached hydrogen (secondary N) is 1. The highest BCUT2D eigenvalue weighted by Crippen LogP contribution is 2.27. The molecule has 19 heavy (non-hydrogen) atoms. The third kappa shape index (κ3) is 5.83. The second-order valence-corrected chi connectivity index (χ2v) is 7.25. The van der Waals surface area contributed by atoms with Gasteiger partial charge in [0, 0.05) is 6.54 Å². The standard InChI is InChI=1S/C17H34N2/c1-15-6-8-17(9-7-15)13-18-12-16(2)14-19-10-4-3-5-11-19/h15-18H,3-14H2,1-2H3. The lowest BCUT2D eigenvalue weighted by Gasteiger charge is -2.30. The van der Waals surface area contributed by atoms with Gasteiger partial charge in [-0.3, -0.25) is 0 Å². The van der Waals surface area contributed by atoms with Gasteiger partial charge in [-0.05, 0) is 69.6 Å². The normalized spacial score (nSPS) is 31.3. The SMILES string of the molecule is CC1CCC(CNCC(C)CN2CCCCC2)CC1.